The number of ether oxygens (including phenoxy) is 1. The first-order chi connectivity index (χ1) is 9.47. The molecule has 0 bridgehead atoms. The van der Waals surface area contributed by atoms with E-state index in [1.165, 1.54) is 12.1 Å². The Morgan fingerprint density at radius 2 is 2.20 bits per heavy atom. The van der Waals surface area contributed by atoms with Crippen LogP contribution in [0.15, 0.2) is 46.3 Å². The fraction of sp³-hybridized carbons (Fsp3) is 0.250. The molecule has 0 radical (unpaired) electrons. The molecule has 0 unspecified atom stereocenters. The van der Waals surface area contributed by atoms with Gasteiger partial charge in [-0.1, -0.05) is 0 Å². The summed E-state index contributed by atoms with van der Waals surface area (Å²) < 4.78 is 30.5. The number of hydrogen-bond donors (Lipinski definition) is 0. The zero-order valence-electron chi connectivity index (χ0n) is 10.4. The van der Waals surface area contributed by atoms with Crippen LogP contribution in [0.4, 0.5) is 0 Å². The second-order valence-corrected chi connectivity index (χ2v) is 7.45. The van der Waals surface area contributed by atoms with Gasteiger partial charge in [0.1, 0.15) is 5.75 Å². The van der Waals surface area contributed by atoms with E-state index >= 15 is 0 Å². The molecule has 0 fully saturated rings. The molecule has 8 heteroatoms. The topological polar surface area (TPSA) is 61.2 Å². The quantitative estimate of drug-likeness (QED) is 0.572. The highest BCUT2D eigenvalue weighted by Gasteiger charge is 2.12. The highest BCUT2D eigenvalue weighted by Crippen LogP contribution is 2.29. The van der Waals surface area contributed by atoms with Crippen LogP contribution in [-0.2, 0) is 15.6 Å². The van der Waals surface area contributed by atoms with E-state index in [1.807, 2.05) is 10.8 Å². The first kappa shape index (κ1) is 15.3. The average Bonchev–Trinajstić information content (AvgIpc) is 2.88. The molecule has 0 aliphatic heterocycles. The Labute approximate surface area is 130 Å². The van der Waals surface area contributed by atoms with Gasteiger partial charge in [0.2, 0.25) is 0 Å². The number of hydrogen-bond acceptors (Lipinski definition) is 4. The normalized spacial score (nSPS) is 11.5. The molecule has 2 aromatic rings. The lowest BCUT2D eigenvalue weighted by Gasteiger charge is -2.09. The van der Waals surface area contributed by atoms with Crippen LogP contribution in [0.2, 0.25) is 0 Å². The van der Waals surface area contributed by atoms with E-state index in [2.05, 4.69) is 20.9 Å². The van der Waals surface area contributed by atoms with E-state index in [4.69, 9.17) is 15.4 Å². The molecule has 1 aromatic heterocycles. The summed E-state index contributed by atoms with van der Waals surface area (Å²) in [6.07, 6.45) is 6.17. The summed E-state index contributed by atoms with van der Waals surface area (Å²) in [5, 5.41) is 0. The molecule has 5 nitrogen and oxygen atoms in total. The maximum absolute atomic E-state index is 11.2. The van der Waals surface area contributed by atoms with Crippen LogP contribution >= 0.6 is 26.6 Å². The molecule has 0 atom stereocenters. The van der Waals surface area contributed by atoms with Gasteiger partial charge < -0.3 is 9.30 Å². The van der Waals surface area contributed by atoms with Crippen molar-refractivity contribution in [1.82, 2.24) is 9.55 Å². The summed E-state index contributed by atoms with van der Waals surface area (Å²) >= 11 is 3.27. The fourth-order valence-electron chi connectivity index (χ4n) is 1.60. The van der Waals surface area contributed by atoms with Gasteiger partial charge in [-0.15, -0.1) is 0 Å². The van der Waals surface area contributed by atoms with Gasteiger partial charge >= 0.3 is 0 Å². The number of halogens is 2. The smallest absolute Gasteiger partial charge is 0.261 e. The third-order valence-electron chi connectivity index (χ3n) is 2.56. The Bertz CT molecular complexity index is 674. The number of imidazole rings is 1. The Balaban J connectivity index is 1.90. The van der Waals surface area contributed by atoms with Gasteiger partial charge in [-0.25, -0.2) is 13.4 Å². The third-order valence-corrected chi connectivity index (χ3v) is 4.53. The van der Waals surface area contributed by atoms with Gasteiger partial charge in [0.05, 0.1) is 22.3 Å². The second kappa shape index (κ2) is 6.60. The van der Waals surface area contributed by atoms with Gasteiger partial charge in [-0.05, 0) is 40.5 Å². The summed E-state index contributed by atoms with van der Waals surface area (Å²) in [5.74, 6) is 0.583. The lowest BCUT2D eigenvalue weighted by atomic mass is 10.3. The first-order valence-corrected chi connectivity index (χ1v) is 8.90. The highest BCUT2D eigenvalue weighted by molar-refractivity contribution is 9.10. The number of aromatic nitrogens is 2. The molecule has 2 rings (SSSR count). The van der Waals surface area contributed by atoms with E-state index < -0.39 is 9.05 Å². The van der Waals surface area contributed by atoms with Crippen molar-refractivity contribution in [2.45, 2.75) is 17.9 Å². The van der Waals surface area contributed by atoms with E-state index in [0.29, 0.717) is 16.8 Å². The largest absolute Gasteiger partial charge is 0.492 e. The lowest BCUT2D eigenvalue weighted by molar-refractivity contribution is 0.300. The maximum atomic E-state index is 11.2. The van der Waals surface area contributed by atoms with E-state index in [1.54, 1.807) is 18.6 Å². The van der Waals surface area contributed by atoms with Crippen molar-refractivity contribution in [3.63, 3.8) is 0 Å². The number of nitrogens with zero attached hydrogens (tertiary/aromatic N) is 2. The summed E-state index contributed by atoms with van der Waals surface area (Å²) in [6, 6.07) is 4.42. The van der Waals surface area contributed by atoms with Crippen molar-refractivity contribution < 1.29 is 13.2 Å². The second-order valence-electron chi connectivity index (χ2n) is 4.03. The number of rotatable bonds is 6. The molecule has 0 amide bonds. The average molecular weight is 380 g/mol. The minimum atomic E-state index is -3.72. The van der Waals surface area contributed by atoms with Gasteiger partial charge in [0.25, 0.3) is 9.05 Å². The van der Waals surface area contributed by atoms with Gasteiger partial charge in [0.15, 0.2) is 0 Å². The molecule has 1 heterocycles. The van der Waals surface area contributed by atoms with Crippen LogP contribution in [0, 0.1) is 0 Å². The molecule has 20 heavy (non-hydrogen) atoms. The van der Waals surface area contributed by atoms with Crippen molar-refractivity contribution in [2.75, 3.05) is 6.61 Å². The van der Waals surface area contributed by atoms with Crippen LogP contribution in [0.1, 0.15) is 6.42 Å². The first-order valence-electron chi connectivity index (χ1n) is 5.79. The fourth-order valence-corrected chi connectivity index (χ4v) is 3.02. The lowest BCUT2D eigenvalue weighted by Crippen LogP contribution is -2.03. The van der Waals surface area contributed by atoms with Gasteiger partial charge in [-0.2, -0.15) is 0 Å². The van der Waals surface area contributed by atoms with Crippen LogP contribution in [0.5, 0.6) is 5.75 Å². The molecule has 0 saturated heterocycles. The van der Waals surface area contributed by atoms with Crippen LogP contribution in [0.3, 0.4) is 0 Å². The molecule has 0 aliphatic rings. The Hall–Kier alpha value is -1.05. The molecule has 1 aromatic carbocycles. The summed E-state index contributed by atoms with van der Waals surface area (Å²) in [6.45, 7) is 1.33. The van der Waals surface area contributed by atoms with E-state index in [-0.39, 0.29) is 4.90 Å². The minimum absolute atomic E-state index is 0.0387. The predicted octanol–water partition coefficient (Wildman–Crippen LogP) is 3.04. The zero-order valence-corrected chi connectivity index (χ0v) is 13.5. The van der Waals surface area contributed by atoms with Crippen LogP contribution in [-0.4, -0.2) is 24.6 Å². The van der Waals surface area contributed by atoms with Crippen LogP contribution in [0.25, 0.3) is 0 Å². The molecule has 0 N–H and O–H groups in total. The van der Waals surface area contributed by atoms with Crippen molar-refractivity contribution >= 4 is 35.7 Å². The van der Waals surface area contributed by atoms with E-state index in [9.17, 15) is 8.42 Å². The molecule has 0 aliphatic carbocycles. The highest BCUT2D eigenvalue weighted by atomic mass is 79.9. The van der Waals surface area contributed by atoms with Crippen molar-refractivity contribution in [1.29, 1.82) is 0 Å². The summed E-state index contributed by atoms with van der Waals surface area (Å²) in [5.41, 5.74) is 0. The maximum Gasteiger partial charge on any atom is 0.261 e. The van der Waals surface area contributed by atoms with Gasteiger partial charge in [0, 0.05) is 29.6 Å². The molecular formula is C12H12BrClN2O3S. The zero-order chi connectivity index (χ0) is 14.6. The van der Waals surface area contributed by atoms with Crippen LogP contribution < -0.4 is 4.74 Å². The monoisotopic (exact) mass is 378 g/mol. The molecule has 108 valence electrons. The Kier molecular flexibility index (Phi) is 5.06. The van der Waals surface area contributed by atoms with Crippen molar-refractivity contribution in [3.8, 4) is 5.75 Å². The SMILES string of the molecule is O=S(=O)(Cl)c1ccc(OCCCn2ccnc2)c(Br)c1. The van der Waals surface area contributed by atoms with E-state index in [0.717, 1.165) is 13.0 Å². The number of benzene rings is 1. The Morgan fingerprint density at radius 1 is 1.40 bits per heavy atom. The molecule has 0 saturated carbocycles. The Morgan fingerprint density at radius 3 is 2.80 bits per heavy atom. The van der Waals surface area contributed by atoms with Crippen molar-refractivity contribution in [2.24, 2.45) is 0 Å². The molecular weight excluding hydrogens is 368 g/mol. The predicted molar refractivity (Wildman–Crippen MR) is 79.5 cm³/mol. The number of aryl methyl sites for hydroxylation is 1. The van der Waals surface area contributed by atoms with Crippen molar-refractivity contribution in [3.05, 3.63) is 41.4 Å². The third kappa shape index (κ3) is 4.22. The minimum Gasteiger partial charge on any atom is -0.492 e. The van der Waals surface area contributed by atoms with Gasteiger partial charge in [-0.3, -0.25) is 0 Å². The molecule has 0 spiro atoms. The standard InChI is InChI=1S/C12H12BrClN2O3S/c13-11-8-10(20(14,17)18)2-3-12(11)19-7-1-5-16-6-4-15-9-16/h2-4,6,8-9H,1,5,7H2. The summed E-state index contributed by atoms with van der Waals surface area (Å²) in [7, 11) is 1.55. The summed E-state index contributed by atoms with van der Waals surface area (Å²) in [4.78, 5) is 3.99.